The standard InChI is InChI=1S/C37H36N6O/c1-41-22-20-27(21-23-41)36(44)39-35-33-24-28(29-25-38-42(2)26-29)18-19-34(33)43(40-35)37(30-12-6-3-7-13-30,31-14-8-4-9-15-31)32-16-10-5-11-17-32/h3-19,24-27H,20-23H2,1-2H3,(H,39,40,44). The van der Waals surface area contributed by atoms with Gasteiger partial charge in [-0.15, -0.1) is 0 Å². The number of hydrogen-bond donors (Lipinski definition) is 1. The van der Waals surface area contributed by atoms with Gasteiger partial charge >= 0.3 is 0 Å². The normalized spacial score (nSPS) is 14.6. The maximum absolute atomic E-state index is 13.8. The minimum Gasteiger partial charge on any atom is -0.308 e. The Morgan fingerprint density at radius 3 is 1.86 bits per heavy atom. The third-order valence-electron chi connectivity index (χ3n) is 8.94. The Morgan fingerprint density at radius 2 is 1.34 bits per heavy atom. The van der Waals surface area contributed by atoms with Crippen molar-refractivity contribution in [1.29, 1.82) is 0 Å². The Labute approximate surface area is 257 Å². The first kappa shape index (κ1) is 27.8. The van der Waals surface area contributed by atoms with E-state index in [-0.39, 0.29) is 11.8 Å². The summed E-state index contributed by atoms with van der Waals surface area (Å²) < 4.78 is 3.91. The number of aryl methyl sites for hydroxylation is 1. The highest BCUT2D eigenvalue weighted by Crippen LogP contribution is 2.44. The minimum atomic E-state index is -0.811. The number of nitrogens with one attached hydrogen (secondary N) is 1. The zero-order valence-electron chi connectivity index (χ0n) is 25.1. The number of anilines is 1. The van der Waals surface area contributed by atoms with Crippen molar-refractivity contribution >= 4 is 22.6 Å². The van der Waals surface area contributed by atoms with Crippen LogP contribution in [0, 0.1) is 5.92 Å². The second-order valence-corrected chi connectivity index (χ2v) is 11.8. The second-order valence-electron chi connectivity index (χ2n) is 11.8. The maximum Gasteiger partial charge on any atom is 0.228 e. The van der Waals surface area contributed by atoms with E-state index in [1.165, 1.54) is 0 Å². The molecule has 0 atom stereocenters. The fourth-order valence-electron chi connectivity index (χ4n) is 6.61. The van der Waals surface area contributed by atoms with Crippen LogP contribution in [0.4, 0.5) is 5.82 Å². The highest BCUT2D eigenvalue weighted by Gasteiger charge is 2.41. The van der Waals surface area contributed by atoms with Crippen molar-refractivity contribution in [2.45, 2.75) is 18.4 Å². The molecule has 0 bridgehead atoms. The van der Waals surface area contributed by atoms with E-state index in [1.807, 2.05) is 37.6 Å². The van der Waals surface area contributed by atoms with Crippen LogP contribution in [0.3, 0.4) is 0 Å². The van der Waals surface area contributed by atoms with Crippen LogP contribution in [0.5, 0.6) is 0 Å². The molecule has 6 aromatic rings. The first-order valence-electron chi connectivity index (χ1n) is 15.2. The monoisotopic (exact) mass is 580 g/mol. The van der Waals surface area contributed by atoms with Crippen molar-refractivity contribution in [3.05, 3.63) is 138 Å². The van der Waals surface area contributed by atoms with E-state index in [1.54, 1.807) is 4.68 Å². The average Bonchev–Trinajstić information content (AvgIpc) is 3.67. The van der Waals surface area contributed by atoms with Gasteiger partial charge in [0.1, 0.15) is 5.54 Å². The molecule has 1 saturated heterocycles. The van der Waals surface area contributed by atoms with Gasteiger partial charge < -0.3 is 10.2 Å². The molecule has 1 aliphatic rings. The number of hydrogen-bond acceptors (Lipinski definition) is 4. The van der Waals surface area contributed by atoms with Gasteiger partial charge in [0, 0.05) is 30.1 Å². The molecule has 1 fully saturated rings. The fraction of sp³-hybridized carbons (Fsp3) is 0.216. The molecule has 1 amide bonds. The van der Waals surface area contributed by atoms with E-state index >= 15 is 0 Å². The molecule has 44 heavy (non-hydrogen) atoms. The molecule has 7 heteroatoms. The Kier molecular flexibility index (Phi) is 7.32. The van der Waals surface area contributed by atoms with Gasteiger partial charge in [0.05, 0.1) is 11.7 Å². The van der Waals surface area contributed by atoms with Crippen molar-refractivity contribution in [1.82, 2.24) is 24.5 Å². The SMILES string of the molecule is CN1CCC(C(=O)Nc2nn(C(c3ccccc3)(c3ccccc3)c3ccccc3)c3ccc(-c4cnn(C)c4)cc23)CC1. The van der Waals surface area contributed by atoms with E-state index in [9.17, 15) is 4.79 Å². The molecule has 7 nitrogen and oxygen atoms in total. The Morgan fingerprint density at radius 1 is 0.773 bits per heavy atom. The summed E-state index contributed by atoms with van der Waals surface area (Å²) in [6.07, 6.45) is 5.54. The zero-order valence-corrected chi connectivity index (χ0v) is 25.1. The molecule has 1 aliphatic heterocycles. The minimum absolute atomic E-state index is 0.0289. The van der Waals surface area contributed by atoms with Gasteiger partial charge in [0.2, 0.25) is 5.91 Å². The van der Waals surface area contributed by atoms with Gasteiger partial charge in [0.25, 0.3) is 0 Å². The number of benzene rings is 4. The molecule has 0 saturated carbocycles. The predicted molar refractivity (Wildman–Crippen MR) is 175 cm³/mol. The molecule has 4 aromatic carbocycles. The number of carbonyl (C=O) groups excluding carboxylic acids is 1. The highest BCUT2D eigenvalue weighted by molar-refractivity contribution is 6.02. The number of rotatable bonds is 7. The summed E-state index contributed by atoms with van der Waals surface area (Å²) in [6, 6.07) is 37.9. The van der Waals surface area contributed by atoms with Crippen molar-refractivity contribution in [2.24, 2.45) is 13.0 Å². The number of aromatic nitrogens is 4. The molecule has 1 N–H and O–H groups in total. The van der Waals surface area contributed by atoms with Crippen LogP contribution in [0.25, 0.3) is 22.0 Å². The molecule has 220 valence electrons. The molecular weight excluding hydrogens is 544 g/mol. The summed E-state index contributed by atoms with van der Waals surface area (Å²) in [5.74, 6) is 0.554. The summed E-state index contributed by atoms with van der Waals surface area (Å²) in [4.78, 5) is 16.0. The van der Waals surface area contributed by atoms with Crippen LogP contribution in [0.15, 0.2) is 122 Å². The lowest BCUT2D eigenvalue weighted by Crippen LogP contribution is -2.39. The third-order valence-corrected chi connectivity index (χ3v) is 8.94. The van der Waals surface area contributed by atoms with Crippen molar-refractivity contribution in [3.8, 4) is 11.1 Å². The summed E-state index contributed by atoms with van der Waals surface area (Å²) in [5, 5.41) is 13.9. The molecule has 2 aromatic heterocycles. The maximum atomic E-state index is 13.8. The van der Waals surface area contributed by atoms with E-state index in [2.05, 4.69) is 118 Å². The summed E-state index contributed by atoms with van der Waals surface area (Å²) >= 11 is 0. The molecule has 0 spiro atoms. The summed E-state index contributed by atoms with van der Waals surface area (Å²) in [5.41, 5.74) is 5.37. The number of nitrogens with zero attached hydrogens (tertiary/aromatic N) is 5. The highest BCUT2D eigenvalue weighted by atomic mass is 16.2. The van der Waals surface area contributed by atoms with Gasteiger partial charge in [-0.1, -0.05) is 97.1 Å². The molecule has 0 aliphatic carbocycles. The Balaban J connectivity index is 1.49. The molecule has 3 heterocycles. The van der Waals surface area contributed by atoms with Crippen molar-refractivity contribution in [3.63, 3.8) is 0 Å². The number of fused-ring (bicyclic) bond motifs is 1. The Bertz CT molecular complexity index is 1790. The van der Waals surface area contributed by atoms with Crippen LogP contribution in [0.2, 0.25) is 0 Å². The molecule has 0 unspecified atom stereocenters. The van der Waals surface area contributed by atoms with E-state index in [4.69, 9.17) is 5.10 Å². The van der Waals surface area contributed by atoms with Gasteiger partial charge in [0.15, 0.2) is 5.82 Å². The second kappa shape index (κ2) is 11.6. The zero-order chi connectivity index (χ0) is 30.1. The lowest BCUT2D eigenvalue weighted by atomic mass is 9.77. The molecule has 7 rings (SSSR count). The lowest BCUT2D eigenvalue weighted by molar-refractivity contribution is -0.121. The largest absolute Gasteiger partial charge is 0.308 e. The van der Waals surface area contributed by atoms with Crippen LogP contribution in [-0.2, 0) is 17.4 Å². The number of amides is 1. The Hall–Kier alpha value is -5.01. The summed E-state index contributed by atoms with van der Waals surface area (Å²) in [6.45, 7) is 1.83. The number of piperidine rings is 1. The topological polar surface area (TPSA) is 68.0 Å². The average molecular weight is 581 g/mol. The van der Waals surface area contributed by atoms with Crippen LogP contribution < -0.4 is 5.32 Å². The predicted octanol–water partition coefficient (Wildman–Crippen LogP) is 6.56. The number of carbonyl (C=O) groups is 1. The first-order chi connectivity index (χ1) is 21.5. The smallest absolute Gasteiger partial charge is 0.228 e. The third kappa shape index (κ3) is 4.89. The van der Waals surface area contributed by atoms with E-state index in [0.717, 1.165) is 64.7 Å². The van der Waals surface area contributed by atoms with Crippen molar-refractivity contribution in [2.75, 3.05) is 25.5 Å². The van der Waals surface area contributed by atoms with Crippen molar-refractivity contribution < 1.29 is 4.79 Å². The van der Waals surface area contributed by atoms with Gasteiger partial charge in [-0.25, -0.2) is 4.68 Å². The molecule has 0 radical (unpaired) electrons. The van der Waals surface area contributed by atoms with Crippen LogP contribution in [0.1, 0.15) is 29.5 Å². The van der Waals surface area contributed by atoms with Gasteiger partial charge in [-0.3, -0.25) is 9.48 Å². The van der Waals surface area contributed by atoms with Crippen LogP contribution >= 0.6 is 0 Å². The fourth-order valence-corrected chi connectivity index (χ4v) is 6.61. The number of likely N-dealkylation sites (tertiary alicyclic amines) is 1. The summed E-state index contributed by atoms with van der Waals surface area (Å²) in [7, 11) is 4.03. The van der Waals surface area contributed by atoms with E-state index < -0.39 is 5.54 Å². The lowest BCUT2D eigenvalue weighted by Gasteiger charge is -2.37. The quantitative estimate of drug-likeness (QED) is 0.217. The van der Waals surface area contributed by atoms with Gasteiger partial charge in [-0.2, -0.15) is 10.2 Å². The van der Waals surface area contributed by atoms with Crippen LogP contribution in [-0.4, -0.2) is 50.5 Å². The van der Waals surface area contributed by atoms with Gasteiger partial charge in [-0.05, 0) is 67.4 Å². The first-order valence-corrected chi connectivity index (χ1v) is 15.2. The molecular formula is C37H36N6O. The van der Waals surface area contributed by atoms with E-state index in [0.29, 0.717) is 5.82 Å².